The van der Waals surface area contributed by atoms with Gasteiger partial charge in [0.1, 0.15) is 19.8 Å². The lowest BCUT2D eigenvalue weighted by atomic mass is 10.0. The number of nitrogens with zero attached hydrogens (tertiary/aromatic N) is 1. The van der Waals surface area contributed by atoms with E-state index in [2.05, 4.69) is 62.5 Å². The number of carbonyl (C=O) groups is 2. The average Bonchev–Trinajstić information content (AvgIpc) is 3.61. The molecule has 0 aromatic heterocycles. The second-order valence-corrected chi connectivity index (χ2v) is 27.4. The molecule has 0 saturated heterocycles. The summed E-state index contributed by atoms with van der Waals surface area (Å²) in [5.41, 5.74) is 0. The fourth-order valence-electron chi connectivity index (χ4n) is 10.7. The molecule has 0 bridgehead atoms. The van der Waals surface area contributed by atoms with Gasteiger partial charge in [0.05, 0.1) is 27.7 Å². The molecule has 0 rings (SSSR count). The van der Waals surface area contributed by atoms with Crippen molar-refractivity contribution in [2.45, 2.75) is 367 Å². The Labute approximate surface area is 522 Å². The molecular formula is C74H141NO8P+. The van der Waals surface area contributed by atoms with Crippen LogP contribution in [0.15, 0.2) is 48.6 Å². The van der Waals surface area contributed by atoms with Crippen LogP contribution in [0.2, 0.25) is 0 Å². The molecule has 0 aromatic carbocycles. The molecule has 84 heavy (non-hydrogen) atoms. The van der Waals surface area contributed by atoms with Gasteiger partial charge in [-0.05, 0) is 77.0 Å². The van der Waals surface area contributed by atoms with Crippen molar-refractivity contribution in [3.8, 4) is 0 Å². The lowest BCUT2D eigenvalue weighted by Crippen LogP contribution is -2.37. The zero-order valence-corrected chi connectivity index (χ0v) is 57.3. The molecule has 2 atom stereocenters. The molecule has 0 spiro atoms. The summed E-state index contributed by atoms with van der Waals surface area (Å²) in [6, 6.07) is 0. The van der Waals surface area contributed by atoms with Gasteiger partial charge >= 0.3 is 19.8 Å². The molecular weight excluding hydrogens is 1060 g/mol. The van der Waals surface area contributed by atoms with Gasteiger partial charge in [0, 0.05) is 12.8 Å². The summed E-state index contributed by atoms with van der Waals surface area (Å²) < 4.78 is 34.7. The number of quaternary nitrogens is 1. The Morgan fingerprint density at radius 3 is 0.988 bits per heavy atom. The quantitative estimate of drug-likeness (QED) is 0.0211. The van der Waals surface area contributed by atoms with E-state index in [0.717, 1.165) is 70.6 Å². The minimum Gasteiger partial charge on any atom is -0.462 e. The van der Waals surface area contributed by atoms with Gasteiger partial charge in [-0.2, -0.15) is 0 Å². The van der Waals surface area contributed by atoms with Crippen LogP contribution in [-0.4, -0.2) is 74.9 Å². The molecule has 0 amide bonds. The molecule has 1 N–H and O–H groups in total. The van der Waals surface area contributed by atoms with Gasteiger partial charge in [-0.1, -0.05) is 319 Å². The molecule has 0 aliphatic heterocycles. The molecule has 0 aliphatic carbocycles. The number of ether oxygens (including phenoxy) is 2. The zero-order valence-electron chi connectivity index (χ0n) is 56.4. The van der Waals surface area contributed by atoms with Crippen molar-refractivity contribution in [2.24, 2.45) is 0 Å². The van der Waals surface area contributed by atoms with E-state index in [4.69, 9.17) is 18.5 Å². The summed E-state index contributed by atoms with van der Waals surface area (Å²) in [6.45, 7) is 4.44. The van der Waals surface area contributed by atoms with Gasteiger partial charge < -0.3 is 18.9 Å². The maximum Gasteiger partial charge on any atom is 0.472 e. The second kappa shape index (κ2) is 65.4. The number of hydrogen-bond donors (Lipinski definition) is 1. The van der Waals surface area contributed by atoms with Crippen LogP contribution in [0.5, 0.6) is 0 Å². The van der Waals surface area contributed by atoms with Crippen molar-refractivity contribution < 1.29 is 42.1 Å². The van der Waals surface area contributed by atoms with Crippen LogP contribution in [0.25, 0.3) is 0 Å². The van der Waals surface area contributed by atoms with E-state index >= 15 is 0 Å². The SMILES string of the molecule is CCCCC/C=C\C/C=C\C/C=C\CCCCCCCCC(=O)OC(COC(=O)CCCCCCCCCCCCCCCCCCCCCCCCCCCCCCC/C=C\CCCCCCCCCC)COP(=O)(O)OCC[N+](C)(C)C. The topological polar surface area (TPSA) is 108 Å². The average molecular weight is 1200 g/mol. The van der Waals surface area contributed by atoms with Crippen LogP contribution in [0.4, 0.5) is 0 Å². The van der Waals surface area contributed by atoms with Gasteiger partial charge in [-0.15, -0.1) is 0 Å². The van der Waals surface area contributed by atoms with Gasteiger partial charge in [-0.3, -0.25) is 18.6 Å². The molecule has 10 heteroatoms. The standard InChI is InChI=1S/C74H140NO8P/c1-6-8-10-12-14-16-18-20-22-24-26-27-28-29-30-31-32-33-34-35-36-37-38-39-40-41-42-43-44-45-46-47-49-50-52-54-56-58-60-62-64-66-73(76)80-70-72(71-82-84(78,79)81-69-68-75(3,4)5)83-74(77)67-65-63-61-59-57-55-53-51-48-25-23-21-19-17-15-13-11-9-7-2/h15,17,21,23-24,26,48,51,72H,6-14,16,18-20,22,25,27-47,49-50,52-71H2,1-5H3/p+1/b17-15-,23-21-,26-24-,51-48-. The predicted octanol–water partition coefficient (Wildman–Crippen LogP) is 23.6. The highest BCUT2D eigenvalue weighted by Gasteiger charge is 2.27. The van der Waals surface area contributed by atoms with E-state index in [1.54, 1.807) is 0 Å². The molecule has 0 radical (unpaired) electrons. The minimum atomic E-state index is -4.39. The summed E-state index contributed by atoms with van der Waals surface area (Å²) >= 11 is 0. The highest BCUT2D eigenvalue weighted by Crippen LogP contribution is 2.43. The van der Waals surface area contributed by atoms with Crippen LogP contribution in [0.3, 0.4) is 0 Å². The zero-order chi connectivity index (χ0) is 61.2. The fourth-order valence-corrected chi connectivity index (χ4v) is 11.5. The van der Waals surface area contributed by atoms with Gasteiger partial charge in [0.2, 0.25) is 0 Å². The third kappa shape index (κ3) is 69.1. The molecule has 0 aliphatic rings. The molecule has 0 aromatic rings. The van der Waals surface area contributed by atoms with Crippen molar-refractivity contribution in [1.82, 2.24) is 0 Å². The summed E-state index contributed by atoms with van der Waals surface area (Å²) in [7, 11) is 1.48. The number of carbonyl (C=O) groups excluding carboxylic acids is 2. The van der Waals surface area contributed by atoms with Gasteiger partial charge in [0.25, 0.3) is 0 Å². The van der Waals surface area contributed by atoms with Crippen molar-refractivity contribution >= 4 is 19.8 Å². The number of esters is 2. The Kier molecular flexibility index (Phi) is 63.8. The number of hydrogen-bond acceptors (Lipinski definition) is 7. The number of unbranched alkanes of at least 4 members (excludes halogenated alkanes) is 46. The summed E-state index contributed by atoms with van der Waals surface area (Å²) in [5.74, 6) is -0.797. The van der Waals surface area contributed by atoms with Crippen molar-refractivity contribution in [2.75, 3.05) is 47.5 Å². The number of rotatable bonds is 68. The van der Waals surface area contributed by atoms with Crippen LogP contribution >= 0.6 is 7.82 Å². The first-order valence-corrected chi connectivity index (χ1v) is 37.9. The lowest BCUT2D eigenvalue weighted by Gasteiger charge is -2.24. The Morgan fingerprint density at radius 2 is 0.643 bits per heavy atom. The first-order chi connectivity index (χ1) is 41.0. The Hall–Kier alpha value is -2.03. The summed E-state index contributed by atoms with van der Waals surface area (Å²) in [4.78, 5) is 35.8. The fraction of sp³-hybridized carbons (Fsp3) is 0.865. The maximum atomic E-state index is 12.8. The van der Waals surface area contributed by atoms with Crippen molar-refractivity contribution in [3.63, 3.8) is 0 Å². The van der Waals surface area contributed by atoms with Gasteiger partial charge in [0.15, 0.2) is 6.10 Å². The van der Waals surface area contributed by atoms with E-state index in [1.165, 1.54) is 257 Å². The Balaban J connectivity index is 3.86. The Morgan fingerprint density at radius 1 is 0.369 bits per heavy atom. The summed E-state index contributed by atoms with van der Waals surface area (Å²) in [5, 5.41) is 0. The number of phosphoric ester groups is 1. The van der Waals surface area contributed by atoms with Crippen LogP contribution in [0.1, 0.15) is 361 Å². The Bertz CT molecular complexity index is 1560. The van der Waals surface area contributed by atoms with E-state index < -0.39 is 26.5 Å². The summed E-state index contributed by atoms with van der Waals surface area (Å²) in [6.07, 6.45) is 85.4. The van der Waals surface area contributed by atoms with Crippen molar-refractivity contribution in [1.29, 1.82) is 0 Å². The smallest absolute Gasteiger partial charge is 0.462 e. The predicted molar refractivity (Wildman–Crippen MR) is 363 cm³/mol. The van der Waals surface area contributed by atoms with Crippen LogP contribution < -0.4 is 0 Å². The number of phosphoric acid groups is 1. The first kappa shape index (κ1) is 82.0. The van der Waals surface area contributed by atoms with Crippen LogP contribution in [-0.2, 0) is 32.7 Å². The molecule has 0 saturated carbocycles. The third-order valence-electron chi connectivity index (χ3n) is 16.3. The minimum absolute atomic E-state index is 0.0296. The second-order valence-electron chi connectivity index (χ2n) is 26.0. The van der Waals surface area contributed by atoms with E-state index in [0.29, 0.717) is 17.4 Å². The first-order valence-electron chi connectivity index (χ1n) is 36.4. The van der Waals surface area contributed by atoms with Crippen molar-refractivity contribution in [3.05, 3.63) is 48.6 Å². The maximum absolute atomic E-state index is 12.8. The lowest BCUT2D eigenvalue weighted by molar-refractivity contribution is -0.870. The third-order valence-corrected chi connectivity index (χ3v) is 17.3. The van der Waals surface area contributed by atoms with E-state index in [1.807, 2.05) is 21.1 Å². The van der Waals surface area contributed by atoms with Crippen LogP contribution in [0, 0.1) is 0 Å². The molecule has 0 fully saturated rings. The molecule has 494 valence electrons. The molecule has 0 heterocycles. The van der Waals surface area contributed by atoms with E-state index in [9.17, 15) is 19.0 Å². The highest BCUT2D eigenvalue weighted by atomic mass is 31.2. The highest BCUT2D eigenvalue weighted by molar-refractivity contribution is 7.47. The largest absolute Gasteiger partial charge is 0.472 e. The number of allylic oxidation sites excluding steroid dienone is 8. The monoisotopic (exact) mass is 1200 g/mol. The number of likely N-dealkylation sites (N-methyl/N-ethyl adjacent to an activating group) is 1. The normalized spacial score (nSPS) is 13.4. The van der Waals surface area contributed by atoms with Gasteiger partial charge in [-0.25, -0.2) is 4.57 Å². The van der Waals surface area contributed by atoms with E-state index in [-0.39, 0.29) is 32.0 Å². The molecule has 9 nitrogen and oxygen atoms in total. The molecule has 2 unspecified atom stereocenters.